The average molecular weight is 444 g/mol. The summed E-state index contributed by atoms with van der Waals surface area (Å²) in [7, 11) is 1.40. The predicted octanol–water partition coefficient (Wildman–Crippen LogP) is 4.47. The summed E-state index contributed by atoms with van der Waals surface area (Å²) in [6.07, 6.45) is 0.303. The van der Waals surface area contributed by atoms with Crippen LogP contribution in [0.15, 0.2) is 24.7 Å². The van der Waals surface area contributed by atoms with Crippen molar-refractivity contribution in [3.05, 3.63) is 47.0 Å². The number of hydrogen-bond acceptors (Lipinski definition) is 6. The van der Waals surface area contributed by atoms with E-state index in [1.165, 1.54) is 24.1 Å². The van der Waals surface area contributed by atoms with Crippen LogP contribution in [0.25, 0.3) is 11.5 Å². The Morgan fingerprint density at radius 3 is 2.60 bits per heavy atom. The number of imidazole rings is 1. The summed E-state index contributed by atoms with van der Waals surface area (Å²) in [6, 6.07) is 0.986. The van der Waals surface area contributed by atoms with E-state index >= 15 is 0 Å². The molecule has 0 spiro atoms. The molecule has 0 N–H and O–H groups in total. The Hall–Kier alpha value is -2.95. The number of pyridine rings is 1. The number of alkyl halides is 3. The van der Waals surface area contributed by atoms with Crippen LogP contribution in [0.4, 0.5) is 17.6 Å². The zero-order chi connectivity index (χ0) is 21.5. The standard InChI is InChI=1S/C18H14ClF4N5O2/c1-29-12-6-25-17(19)27-16(12)30-8-9-4-11(20)14(24-5-9)15-26-13(18(21,22)23)7-28(15)10-2-3-10/h4-7,10H,2-3,8H2,1H3. The second-order valence-electron chi connectivity index (χ2n) is 6.56. The second kappa shape index (κ2) is 7.71. The third kappa shape index (κ3) is 4.16. The summed E-state index contributed by atoms with van der Waals surface area (Å²) in [4.78, 5) is 15.2. The van der Waals surface area contributed by atoms with Gasteiger partial charge >= 0.3 is 6.18 Å². The van der Waals surface area contributed by atoms with Gasteiger partial charge in [-0.1, -0.05) is 0 Å². The predicted molar refractivity (Wildman–Crippen MR) is 96.6 cm³/mol. The fraction of sp³-hybridized carbons (Fsp3) is 0.333. The molecule has 1 aliphatic carbocycles. The molecule has 30 heavy (non-hydrogen) atoms. The topological polar surface area (TPSA) is 75.0 Å². The first-order valence-corrected chi connectivity index (χ1v) is 9.14. The van der Waals surface area contributed by atoms with Crippen LogP contribution in [0, 0.1) is 5.82 Å². The summed E-state index contributed by atoms with van der Waals surface area (Å²) >= 11 is 5.73. The smallest absolute Gasteiger partial charge is 0.434 e. The van der Waals surface area contributed by atoms with Gasteiger partial charge in [0, 0.05) is 24.0 Å². The van der Waals surface area contributed by atoms with E-state index in [1.807, 2.05) is 0 Å². The van der Waals surface area contributed by atoms with Gasteiger partial charge in [0.25, 0.3) is 5.88 Å². The van der Waals surface area contributed by atoms with Gasteiger partial charge in [-0.05, 0) is 30.5 Å². The fourth-order valence-corrected chi connectivity index (χ4v) is 2.91. The first-order chi connectivity index (χ1) is 14.3. The quantitative estimate of drug-likeness (QED) is 0.413. The van der Waals surface area contributed by atoms with Crippen molar-refractivity contribution in [1.29, 1.82) is 0 Å². The molecule has 1 saturated carbocycles. The maximum Gasteiger partial charge on any atom is 0.434 e. The van der Waals surface area contributed by atoms with Crippen LogP contribution >= 0.6 is 11.6 Å². The van der Waals surface area contributed by atoms with E-state index in [9.17, 15) is 17.6 Å². The van der Waals surface area contributed by atoms with Crippen molar-refractivity contribution in [2.45, 2.75) is 31.7 Å². The van der Waals surface area contributed by atoms with Gasteiger partial charge in [0.1, 0.15) is 12.3 Å². The van der Waals surface area contributed by atoms with Crippen molar-refractivity contribution in [3.63, 3.8) is 0 Å². The van der Waals surface area contributed by atoms with Crippen LogP contribution in [0.1, 0.15) is 30.1 Å². The average Bonchev–Trinajstić information content (AvgIpc) is 3.44. The fourth-order valence-electron chi connectivity index (χ4n) is 2.79. The minimum atomic E-state index is -4.63. The van der Waals surface area contributed by atoms with Gasteiger partial charge in [0.2, 0.25) is 5.28 Å². The van der Waals surface area contributed by atoms with E-state index in [0.717, 1.165) is 12.3 Å². The van der Waals surface area contributed by atoms with Crippen LogP contribution in [-0.2, 0) is 12.8 Å². The number of nitrogens with zero attached hydrogens (tertiary/aromatic N) is 5. The molecule has 0 saturated heterocycles. The van der Waals surface area contributed by atoms with Crippen LogP contribution in [0.2, 0.25) is 5.28 Å². The first-order valence-electron chi connectivity index (χ1n) is 8.76. The SMILES string of the molecule is COc1cnc(Cl)nc1OCc1cnc(-c2nc(C(F)(F)F)cn2C2CC2)c(F)c1. The van der Waals surface area contributed by atoms with Crippen molar-refractivity contribution in [2.75, 3.05) is 7.11 Å². The van der Waals surface area contributed by atoms with E-state index in [2.05, 4.69) is 19.9 Å². The highest BCUT2D eigenvalue weighted by molar-refractivity contribution is 6.28. The first kappa shape index (κ1) is 20.3. The van der Waals surface area contributed by atoms with Crippen LogP contribution in [-0.4, -0.2) is 31.6 Å². The van der Waals surface area contributed by atoms with Crippen LogP contribution in [0.3, 0.4) is 0 Å². The van der Waals surface area contributed by atoms with E-state index in [1.54, 1.807) is 0 Å². The van der Waals surface area contributed by atoms with Crippen LogP contribution in [0.5, 0.6) is 11.6 Å². The van der Waals surface area contributed by atoms with E-state index in [4.69, 9.17) is 21.1 Å². The van der Waals surface area contributed by atoms with Crippen molar-refractivity contribution in [3.8, 4) is 23.1 Å². The van der Waals surface area contributed by atoms with Gasteiger partial charge in [-0.25, -0.2) is 19.3 Å². The third-order valence-electron chi connectivity index (χ3n) is 4.36. The lowest BCUT2D eigenvalue weighted by Gasteiger charge is -2.10. The monoisotopic (exact) mass is 443 g/mol. The molecule has 3 heterocycles. The number of halogens is 5. The molecule has 3 aromatic rings. The van der Waals surface area contributed by atoms with Gasteiger partial charge in [-0.3, -0.25) is 0 Å². The zero-order valence-corrected chi connectivity index (χ0v) is 16.2. The Balaban J connectivity index is 1.59. The Morgan fingerprint density at radius 1 is 1.20 bits per heavy atom. The summed E-state index contributed by atoms with van der Waals surface area (Å²) in [5.74, 6) is -0.680. The minimum absolute atomic E-state index is 0.0566. The highest BCUT2D eigenvalue weighted by Crippen LogP contribution is 2.41. The molecule has 1 fully saturated rings. The number of methoxy groups -OCH3 is 1. The maximum absolute atomic E-state index is 14.7. The summed E-state index contributed by atoms with van der Waals surface area (Å²) < 4.78 is 65.8. The molecule has 12 heteroatoms. The molecular weight excluding hydrogens is 430 g/mol. The summed E-state index contributed by atoms with van der Waals surface area (Å²) in [6.45, 7) is -0.126. The molecule has 4 rings (SSSR count). The Morgan fingerprint density at radius 2 is 1.97 bits per heavy atom. The number of aromatic nitrogens is 5. The Bertz CT molecular complexity index is 1080. The molecule has 0 aromatic carbocycles. The van der Waals surface area contributed by atoms with Gasteiger partial charge in [0.15, 0.2) is 23.1 Å². The van der Waals surface area contributed by atoms with Gasteiger partial charge in [-0.2, -0.15) is 18.2 Å². The molecule has 158 valence electrons. The van der Waals surface area contributed by atoms with Gasteiger partial charge in [-0.15, -0.1) is 0 Å². The lowest BCUT2D eigenvalue weighted by molar-refractivity contribution is -0.140. The van der Waals surface area contributed by atoms with Crippen LogP contribution < -0.4 is 9.47 Å². The molecule has 0 bridgehead atoms. The summed E-state index contributed by atoms with van der Waals surface area (Å²) in [5.41, 5.74) is -1.01. The van der Waals surface area contributed by atoms with Crippen molar-refractivity contribution < 1.29 is 27.0 Å². The van der Waals surface area contributed by atoms with Gasteiger partial charge in [0.05, 0.1) is 13.3 Å². The normalized spacial score (nSPS) is 14.1. The Kier molecular flexibility index (Phi) is 5.22. The Labute approximate surface area is 172 Å². The lowest BCUT2D eigenvalue weighted by Crippen LogP contribution is -2.05. The molecule has 1 aliphatic rings. The number of ether oxygens (including phenoxy) is 2. The second-order valence-corrected chi connectivity index (χ2v) is 6.90. The molecular formula is C18H14ClF4N5O2. The van der Waals surface area contributed by atoms with E-state index in [0.29, 0.717) is 18.4 Å². The highest BCUT2D eigenvalue weighted by Gasteiger charge is 2.38. The van der Waals surface area contributed by atoms with E-state index < -0.39 is 17.7 Å². The van der Waals surface area contributed by atoms with Gasteiger partial charge < -0.3 is 14.0 Å². The molecule has 0 radical (unpaired) electrons. The number of rotatable bonds is 6. The molecule has 0 unspecified atom stereocenters. The number of hydrogen-bond donors (Lipinski definition) is 0. The molecule has 3 aromatic heterocycles. The molecule has 7 nitrogen and oxygen atoms in total. The zero-order valence-electron chi connectivity index (χ0n) is 15.5. The molecule has 0 amide bonds. The van der Waals surface area contributed by atoms with Crippen molar-refractivity contribution in [1.82, 2.24) is 24.5 Å². The lowest BCUT2D eigenvalue weighted by atomic mass is 10.2. The van der Waals surface area contributed by atoms with E-state index in [-0.39, 0.29) is 41.1 Å². The maximum atomic E-state index is 14.7. The highest BCUT2D eigenvalue weighted by atomic mass is 35.5. The third-order valence-corrected chi connectivity index (χ3v) is 4.54. The molecule has 0 aliphatic heterocycles. The molecule has 0 atom stereocenters. The largest absolute Gasteiger partial charge is 0.490 e. The summed E-state index contributed by atoms with van der Waals surface area (Å²) in [5, 5.41) is -0.0576. The van der Waals surface area contributed by atoms with Crippen molar-refractivity contribution in [2.24, 2.45) is 0 Å². The van der Waals surface area contributed by atoms with Crippen molar-refractivity contribution >= 4 is 11.6 Å². The minimum Gasteiger partial charge on any atom is -0.490 e.